The molecule has 1 aliphatic rings. The Morgan fingerprint density at radius 1 is 1.15 bits per heavy atom. The lowest BCUT2D eigenvalue weighted by molar-refractivity contribution is 0.0119. The van der Waals surface area contributed by atoms with Crippen molar-refractivity contribution in [1.82, 2.24) is 14.9 Å². The quantitative estimate of drug-likeness (QED) is 0.672. The Morgan fingerprint density at radius 3 is 2.29 bits per heavy atom. The van der Waals surface area contributed by atoms with Gasteiger partial charge in [-0.1, -0.05) is 0 Å². The summed E-state index contributed by atoms with van der Waals surface area (Å²) in [5, 5.41) is 2.36. The SMILES string of the molecule is CC(C)(C)OC(=O)N1CCC(Oc2ncc(C(=O)Nc3ccc(S(C)(=O)=O)cc3F)cn2)CC1. The van der Waals surface area contributed by atoms with Crippen molar-refractivity contribution in [3.05, 3.63) is 42.0 Å². The summed E-state index contributed by atoms with van der Waals surface area (Å²) in [5.74, 6) is -1.54. The van der Waals surface area contributed by atoms with Gasteiger partial charge in [-0.2, -0.15) is 0 Å². The van der Waals surface area contributed by atoms with Crippen molar-refractivity contribution in [2.45, 2.75) is 50.2 Å². The largest absolute Gasteiger partial charge is 0.460 e. The number of aromatic nitrogens is 2. The molecule has 2 amide bonds. The van der Waals surface area contributed by atoms with Crippen LogP contribution in [0.1, 0.15) is 44.0 Å². The van der Waals surface area contributed by atoms with Gasteiger partial charge in [0.15, 0.2) is 9.84 Å². The van der Waals surface area contributed by atoms with Crippen molar-refractivity contribution in [3.8, 4) is 6.01 Å². The van der Waals surface area contributed by atoms with Gasteiger partial charge in [-0.15, -0.1) is 0 Å². The maximum Gasteiger partial charge on any atom is 0.410 e. The zero-order chi connectivity index (χ0) is 25.1. The van der Waals surface area contributed by atoms with Crippen LogP contribution in [0.4, 0.5) is 14.9 Å². The average Bonchev–Trinajstić information content (AvgIpc) is 2.74. The minimum atomic E-state index is -3.57. The molecule has 0 bridgehead atoms. The van der Waals surface area contributed by atoms with Gasteiger partial charge in [0.05, 0.1) is 16.1 Å². The van der Waals surface area contributed by atoms with Crippen LogP contribution in [0, 0.1) is 5.82 Å². The van der Waals surface area contributed by atoms with E-state index in [1.807, 2.05) is 20.8 Å². The normalized spacial score (nSPS) is 15.0. The van der Waals surface area contributed by atoms with Gasteiger partial charge < -0.3 is 19.7 Å². The lowest BCUT2D eigenvalue weighted by atomic mass is 10.1. The molecule has 3 rings (SSSR count). The Bertz CT molecular complexity index is 1160. The number of anilines is 1. The molecule has 1 aromatic heterocycles. The Labute approximate surface area is 197 Å². The molecule has 0 atom stereocenters. The van der Waals surface area contributed by atoms with Gasteiger partial charge in [0.2, 0.25) is 0 Å². The third-order valence-corrected chi connectivity index (χ3v) is 5.98. The van der Waals surface area contributed by atoms with Gasteiger partial charge in [-0.3, -0.25) is 4.79 Å². The number of nitrogens with zero attached hydrogens (tertiary/aromatic N) is 3. The van der Waals surface area contributed by atoms with Gasteiger partial charge in [-0.25, -0.2) is 27.6 Å². The second kappa shape index (κ2) is 9.92. The number of halogens is 1. The minimum Gasteiger partial charge on any atom is -0.460 e. The van der Waals surface area contributed by atoms with Crippen LogP contribution in [0.15, 0.2) is 35.5 Å². The predicted molar refractivity (Wildman–Crippen MR) is 121 cm³/mol. The Kier molecular flexibility index (Phi) is 7.39. The standard InChI is InChI=1S/C22H27FN4O6S/c1-22(2,3)33-21(29)27-9-7-15(8-10-27)32-20-24-12-14(13-25-20)19(28)26-18-6-5-16(11-17(18)23)34(4,30)31/h5-6,11-13,15H,7-10H2,1-4H3,(H,26,28). The molecule has 10 nitrogen and oxygen atoms in total. The fourth-order valence-electron chi connectivity index (χ4n) is 3.15. The molecule has 12 heteroatoms. The molecule has 0 unspecified atom stereocenters. The Hall–Kier alpha value is -3.28. The van der Waals surface area contributed by atoms with E-state index < -0.39 is 27.2 Å². The fourth-order valence-corrected chi connectivity index (χ4v) is 3.78. The molecule has 0 aliphatic carbocycles. The number of amides is 2. The summed E-state index contributed by atoms with van der Waals surface area (Å²) in [6.45, 7) is 6.39. The number of nitrogens with one attached hydrogen (secondary N) is 1. The van der Waals surface area contributed by atoms with Gasteiger partial charge >= 0.3 is 12.1 Å². The second-order valence-corrected chi connectivity index (χ2v) is 10.9. The van der Waals surface area contributed by atoms with Crippen molar-refractivity contribution in [2.24, 2.45) is 0 Å². The van der Waals surface area contributed by atoms with Crippen LogP contribution < -0.4 is 10.1 Å². The van der Waals surface area contributed by atoms with Crippen LogP contribution in [0.3, 0.4) is 0 Å². The molecule has 0 saturated carbocycles. The monoisotopic (exact) mass is 494 g/mol. The molecule has 1 saturated heterocycles. The molecule has 1 aliphatic heterocycles. The number of likely N-dealkylation sites (tertiary alicyclic amines) is 1. The minimum absolute atomic E-state index is 0.0682. The molecule has 1 aromatic carbocycles. The second-order valence-electron chi connectivity index (χ2n) is 8.91. The molecular weight excluding hydrogens is 467 g/mol. The first-order chi connectivity index (χ1) is 15.8. The number of benzene rings is 1. The van der Waals surface area contributed by atoms with E-state index >= 15 is 0 Å². The number of piperidine rings is 1. The van der Waals surface area contributed by atoms with Gasteiger partial charge in [0.25, 0.3) is 5.91 Å². The van der Waals surface area contributed by atoms with Crippen molar-refractivity contribution in [2.75, 3.05) is 24.7 Å². The van der Waals surface area contributed by atoms with E-state index in [1.54, 1.807) is 4.90 Å². The third-order valence-electron chi connectivity index (χ3n) is 4.87. The number of hydrogen-bond donors (Lipinski definition) is 1. The number of carbonyl (C=O) groups excluding carboxylic acids is 2. The Balaban J connectivity index is 1.54. The summed E-state index contributed by atoms with van der Waals surface area (Å²) >= 11 is 0. The van der Waals surface area contributed by atoms with Crippen LogP contribution in [-0.4, -0.2) is 66.3 Å². The molecule has 2 heterocycles. The van der Waals surface area contributed by atoms with E-state index in [9.17, 15) is 22.4 Å². The van der Waals surface area contributed by atoms with Crippen molar-refractivity contribution in [1.29, 1.82) is 0 Å². The van der Waals surface area contributed by atoms with E-state index in [4.69, 9.17) is 9.47 Å². The summed E-state index contributed by atoms with van der Waals surface area (Å²) < 4.78 is 48.3. The zero-order valence-corrected chi connectivity index (χ0v) is 20.2. The molecule has 1 fully saturated rings. The van der Waals surface area contributed by atoms with Crippen LogP contribution in [0.2, 0.25) is 0 Å². The first-order valence-electron chi connectivity index (χ1n) is 10.6. The highest BCUT2D eigenvalue weighted by Crippen LogP contribution is 2.21. The summed E-state index contributed by atoms with van der Waals surface area (Å²) in [6, 6.07) is 3.30. The van der Waals surface area contributed by atoms with Gasteiger partial charge in [0.1, 0.15) is 17.5 Å². The van der Waals surface area contributed by atoms with E-state index in [0.29, 0.717) is 25.9 Å². The average molecular weight is 495 g/mol. The van der Waals surface area contributed by atoms with Gasteiger partial charge in [-0.05, 0) is 39.0 Å². The first kappa shape index (κ1) is 25.3. The first-order valence-corrected chi connectivity index (χ1v) is 12.5. The highest BCUT2D eigenvalue weighted by molar-refractivity contribution is 7.90. The molecule has 184 valence electrons. The number of ether oxygens (including phenoxy) is 2. The smallest absolute Gasteiger partial charge is 0.410 e. The molecule has 1 N–H and O–H groups in total. The van der Waals surface area contributed by atoms with Crippen LogP contribution in [0.5, 0.6) is 6.01 Å². The van der Waals surface area contributed by atoms with E-state index in [0.717, 1.165) is 12.3 Å². The lowest BCUT2D eigenvalue weighted by Crippen LogP contribution is -2.44. The number of sulfone groups is 1. The van der Waals surface area contributed by atoms with Crippen LogP contribution in [0.25, 0.3) is 0 Å². The summed E-state index contributed by atoms with van der Waals surface area (Å²) in [4.78, 5) is 34.0. The van der Waals surface area contributed by atoms with Gasteiger partial charge in [0, 0.05) is 44.6 Å². The molecule has 34 heavy (non-hydrogen) atoms. The maximum absolute atomic E-state index is 14.2. The van der Waals surface area contributed by atoms with E-state index in [2.05, 4.69) is 15.3 Å². The Morgan fingerprint density at radius 2 is 1.76 bits per heavy atom. The fraction of sp³-hybridized carbons (Fsp3) is 0.455. The van der Waals surface area contributed by atoms with Crippen LogP contribution >= 0.6 is 0 Å². The summed E-state index contributed by atoms with van der Waals surface area (Å²) in [6.07, 6.45) is 4.06. The molecular formula is C22H27FN4O6S. The van der Waals surface area contributed by atoms with Crippen LogP contribution in [-0.2, 0) is 14.6 Å². The number of carbonyl (C=O) groups is 2. The predicted octanol–water partition coefficient (Wildman–Crippen LogP) is 3.05. The van der Waals surface area contributed by atoms with Crippen molar-refractivity contribution < 1.29 is 31.9 Å². The highest BCUT2D eigenvalue weighted by Gasteiger charge is 2.28. The maximum atomic E-state index is 14.2. The number of rotatable bonds is 5. The van der Waals surface area contributed by atoms with E-state index in [1.165, 1.54) is 24.5 Å². The molecule has 2 aromatic rings. The molecule has 0 radical (unpaired) electrons. The summed E-state index contributed by atoms with van der Waals surface area (Å²) in [7, 11) is -3.57. The third kappa shape index (κ3) is 6.86. The van der Waals surface area contributed by atoms with Crippen molar-refractivity contribution >= 4 is 27.5 Å². The number of hydrogen-bond acceptors (Lipinski definition) is 8. The lowest BCUT2D eigenvalue weighted by Gasteiger charge is -2.33. The molecule has 0 spiro atoms. The van der Waals surface area contributed by atoms with E-state index in [-0.39, 0.29) is 34.4 Å². The zero-order valence-electron chi connectivity index (χ0n) is 19.4. The highest BCUT2D eigenvalue weighted by atomic mass is 32.2. The topological polar surface area (TPSA) is 128 Å². The summed E-state index contributed by atoms with van der Waals surface area (Å²) in [5.41, 5.74) is -0.661. The van der Waals surface area contributed by atoms with Crippen molar-refractivity contribution in [3.63, 3.8) is 0 Å².